The Morgan fingerprint density at radius 2 is 2.07 bits per heavy atom. The Balaban J connectivity index is 1.42. The van der Waals surface area contributed by atoms with Crippen LogP contribution in [0.5, 0.6) is 5.75 Å². The second-order valence-corrected chi connectivity index (χ2v) is 8.17. The number of aryl methyl sites for hydroxylation is 2. The molecule has 8 nitrogen and oxygen atoms in total. The van der Waals surface area contributed by atoms with Crippen molar-refractivity contribution in [3.05, 3.63) is 57.5 Å². The number of ether oxygens (including phenoxy) is 1. The van der Waals surface area contributed by atoms with Crippen LogP contribution in [0.1, 0.15) is 33.0 Å². The number of rotatable bonds is 3. The molecule has 1 saturated heterocycles. The predicted molar refractivity (Wildman–Crippen MR) is 111 cm³/mol. The molecule has 1 aromatic carbocycles. The van der Waals surface area contributed by atoms with Crippen LogP contribution in [0.15, 0.2) is 24.3 Å². The van der Waals surface area contributed by atoms with Crippen LogP contribution in [0.2, 0.25) is 5.02 Å². The molecule has 0 radical (unpaired) electrons. The van der Waals surface area contributed by atoms with Gasteiger partial charge in [0, 0.05) is 18.7 Å². The molecule has 9 heteroatoms. The van der Waals surface area contributed by atoms with Crippen molar-refractivity contribution in [2.24, 2.45) is 0 Å². The molecule has 0 saturated carbocycles. The van der Waals surface area contributed by atoms with Crippen molar-refractivity contribution < 1.29 is 14.6 Å². The minimum absolute atomic E-state index is 0.135. The number of benzene rings is 1. The van der Waals surface area contributed by atoms with Gasteiger partial charge in [0.25, 0.3) is 5.91 Å². The number of β-amino-alcohol motifs (C(OH)–C–C–N with tert-alkyl or cyclic N) is 1. The monoisotopic (exact) mass is 427 g/mol. The van der Waals surface area contributed by atoms with Crippen molar-refractivity contribution in [2.75, 3.05) is 13.1 Å². The molecule has 1 fully saturated rings. The normalized spacial score (nSPS) is 20.7. The number of hydrogen-bond acceptors (Lipinski definition) is 6. The Morgan fingerprint density at radius 1 is 1.27 bits per heavy atom. The molecule has 0 bridgehead atoms. The number of aliphatic hydroxyl groups excluding tert-OH is 1. The van der Waals surface area contributed by atoms with E-state index in [2.05, 4.69) is 15.4 Å². The van der Waals surface area contributed by atoms with Gasteiger partial charge in [-0.3, -0.25) is 4.79 Å². The van der Waals surface area contributed by atoms with Gasteiger partial charge in [-0.15, -0.1) is 0 Å². The predicted octanol–water partition coefficient (Wildman–Crippen LogP) is 1.87. The summed E-state index contributed by atoms with van der Waals surface area (Å²) in [5, 5.41) is 18.4. The van der Waals surface area contributed by atoms with Crippen molar-refractivity contribution in [2.45, 2.75) is 39.1 Å². The van der Waals surface area contributed by atoms with Crippen molar-refractivity contribution in [3.8, 4) is 5.75 Å². The topological polar surface area (TPSA) is 92.0 Å². The summed E-state index contributed by atoms with van der Waals surface area (Å²) in [6.07, 6.45) is -0.971. The van der Waals surface area contributed by atoms with E-state index in [1.807, 2.05) is 26.0 Å². The number of carbonyl (C=O) groups excluding carboxylic acids is 1. The summed E-state index contributed by atoms with van der Waals surface area (Å²) in [4.78, 5) is 19.6. The van der Waals surface area contributed by atoms with Crippen LogP contribution in [-0.4, -0.2) is 55.8 Å². The van der Waals surface area contributed by atoms with Gasteiger partial charge in [-0.25, -0.2) is 9.50 Å². The van der Waals surface area contributed by atoms with Gasteiger partial charge in [-0.2, -0.15) is 5.10 Å². The summed E-state index contributed by atoms with van der Waals surface area (Å²) in [6.45, 7) is 5.63. The third kappa shape index (κ3) is 3.03. The standard InChI is InChI=1S/C21H22ClN5O3/c1-11-19(22)12(2)27-20(24-11)14-9-26(10-15(14)25-27)21(29)13-5-3-4-6-17(13)30-18-8-23-7-16(18)28/h3-6,16,18,23,28H,7-10H2,1-2H3. The Labute approximate surface area is 178 Å². The highest BCUT2D eigenvalue weighted by atomic mass is 35.5. The maximum absolute atomic E-state index is 13.3. The number of nitrogens with one attached hydrogen (secondary N) is 1. The quantitative estimate of drug-likeness (QED) is 0.663. The van der Waals surface area contributed by atoms with E-state index in [-0.39, 0.29) is 12.0 Å². The minimum Gasteiger partial charge on any atom is -0.486 e. The molecule has 2 atom stereocenters. The lowest BCUT2D eigenvalue weighted by Gasteiger charge is -2.21. The molecule has 4 heterocycles. The zero-order valence-corrected chi connectivity index (χ0v) is 17.5. The highest BCUT2D eigenvalue weighted by Gasteiger charge is 2.33. The van der Waals surface area contributed by atoms with Gasteiger partial charge in [0.1, 0.15) is 18.0 Å². The number of fused-ring (bicyclic) bond motifs is 3. The van der Waals surface area contributed by atoms with Gasteiger partial charge < -0.3 is 20.1 Å². The number of aliphatic hydroxyl groups is 1. The molecular weight excluding hydrogens is 406 g/mol. The van der Waals surface area contributed by atoms with Gasteiger partial charge in [0.15, 0.2) is 5.65 Å². The number of carbonyl (C=O) groups is 1. The van der Waals surface area contributed by atoms with Crippen LogP contribution in [0.4, 0.5) is 0 Å². The molecule has 0 spiro atoms. The van der Waals surface area contributed by atoms with E-state index in [1.54, 1.807) is 21.5 Å². The van der Waals surface area contributed by atoms with Crippen LogP contribution >= 0.6 is 11.6 Å². The van der Waals surface area contributed by atoms with Crippen LogP contribution in [0, 0.1) is 13.8 Å². The third-order valence-corrected chi connectivity index (χ3v) is 6.31. The summed E-state index contributed by atoms with van der Waals surface area (Å²) < 4.78 is 7.72. The molecule has 2 aliphatic heterocycles. The average Bonchev–Trinajstić information content (AvgIpc) is 3.42. The zero-order valence-electron chi connectivity index (χ0n) is 16.7. The lowest BCUT2D eigenvalue weighted by molar-refractivity contribution is 0.0668. The molecule has 2 aliphatic rings. The fraction of sp³-hybridized carbons (Fsp3) is 0.381. The summed E-state index contributed by atoms with van der Waals surface area (Å²) in [5.74, 6) is 0.343. The van der Waals surface area contributed by atoms with E-state index < -0.39 is 6.10 Å². The Bertz CT molecular complexity index is 1160. The molecular formula is C21H22ClN5O3. The maximum atomic E-state index is 13.3. The van der Waals surface area contributed by atoms with Crippen molar-refractivity contribution in [3.63, 3.8) is 0 Å². The summed E-state index contributed by atoms with van der Waals surface area (Å²) in [7, 11) is 0. The Morgan fingerprint density at radius 3 is 2.83 bits per heavy atom. The third-order valence-electron chi connectivity index (χ3n) is 5.77. The zero-order chi connectivity index (χ0) is 21.0. The van der Waals surface area contributed by atoms with Crippen molar-refractivity contribution >= 4 is 23.2 Å². The van der Waals surface area contributed by atoms with Crippen molar-refractivity contribution in [1.29, 1.82) is 0 Å². The number of nitrogens with zero attached hydrogens (tertiary/aromatic N) is 4. The fourth-order valence-corrected chi connectivity index (χ4v) is 4.22. The first-order valence-corrected chi connectivity index (χ1v) is 10.3. The first-order chi connectivity index (χ1) is 14.4. The van der Waals surface area contributed by atoms with E-state index in [4.69, 9.17) is 16.3 Å². The molecule has 5 rings (SSSR count). The first-order valence-electron chi connectivity index (χ1n) is 9.91. The van der Waals surface area contributed by atoms with Gasteiger partial charge in [-0.05, 0) is 26.0 Å². The number of aromatic nitrogens is 3. The number of halogens is 1. The average molecular weight is 428 g/mol. The minimum atomic E-state index is -0.595. The van der Waals surface area contributed by atoms with Crippen LogP contribution in [0.25, 0.3) is 5.65 Å². The first kappa shape index (κ1) is 19.3. The van der Waals surface area contributed by atoms with Crippen molar-refractivity contribution in [1.82, 2.24) is 24.8 Å². The molecule has 3 aromatic rings. The highest BCUT2D eigenvalue weighted by Crippen LogP contribution is 2.31. The summed E-state index contributed by atoms with van der Waals surface area (Å²) >= 11 is 6.31. The molecule has 2 N–H and O–H groups in total. The van der Waals surface area contributed by atoms with Crippen LogP contribution < -0.4 is 10.1 Å². The lowest BCUT2D eigenvalue weighted by atomic mass is 10.1. The molecule has 30 heavy (non-hydrogen) atoms. The maximum Gasteiger partial charge on any atom is 0.258 e. The molecule has 2 aromatic heterocycles. The largest absolute Gasteiger partial charge is 0.486 e. The van der Waals surface area contributed by atoms with Gasteiger partial charge in [0.05, 0.1) is 40.8 Å². The van der Waals surface area contributed by atoms with E-state index in [9.17, 15) is 9.90 Å². The van der Waals surface area contributed by atoms with E-state index in [0.717, 1.165) is 28.3 Å². The molecule has 156 valence electrons. The van der Waals surface area contributed by atoms with Gasteiger partial charge in [0.2, 0.25) is 0 Å². The fourth-order valence-electron chi connectivity index (χ4n) is 4.10. The Hall–Kier alpha value is -2.68. The lowest BCUT2D eigenvalue weighted by Crippen LogP contribution is -2.32. The SMILES string of the molecule is Cc1nc2c3c(nn2c(C)c1Cl)CN(C(=O)c1ccccc1OC1CNCC1O)C3. The van der Waals surface area contributed by atoms with E-state index in [0.29, 0.717) is 42.5 Å². The summed E-state index contributed by atoms with van der Waals surface area (Å²) in [5.41, 5.74) is 4.58. The highest BCUT2D eigenvalue weighted by molar-refractivity contribution is 6.31. The second-order valence-electron chi connectivity index (χ2n) is 7.80. The second kappa shape index (κ2) is 7.23. The smallest absolute Gasteiger partial charge is 0.258 e. The number of hydrogen-bond donors (Lipinski definition) is 2. The molecule has 2 unspecified atom stereocenters. The van der Waals surface area contributed by atoms with Gasteiger partial charge in [-0.1, -0.05) is 23.7 Å². The van der Waals surface area contributed by atoms with Gasteiger partial charge >= 0.3 is 0 Å². The molecule has 1 amide bonds. The van der Waals surface area contributed by atoms with Crippen LogP contribution in [0.3, 0.4) is 0 Å². The molecule has 0 aliphatic carbocycles. The van der Waals surface area contributed by atoms with Crippen LogP contribution in [-0.2, 0) is 13.1 Å². The van der Waals surface area contributed by atoms with E-state index in [1.165, 1.54) is 0 Å². The Kier molecular flexibility index (Phi) is 4.65. The number of para-hydroxylation sites is 1. The summed E-state index contributed by atoms with van der Waals surface area (Å²) in [6, 6.07) is 7.15. The number of amides is 1. The van der Waals surface area contributed by atoms with E-state index >= 15 is 0 Å².